The van der Waals surface area contributed by atoms with Crippen LogP contribution < -0.4 is 0 Å². The Kier molecular flexibility index (Phi) is 9.40. The smallest absolute Gasteiger partial charge is 0.486 e. The molecular weight excluding hydrogens is 208 g/mol. The summed E-state index contributed by atoms with van der Waals surface area (Å²) < 4.78 is 14.9. The molecule has 0 radical (unpaired) electrons. The van der Waals surface area contributed by atoms with Crippen molar-refractivity contribution in [3.63, 3.8) is 0 Å². The second-order valence-electron chi connectivity index (χ2n) is 1.94. The topological polar surface area (TPSA) is 65.0 Å². The first-order valence-electron chi connectivity index (χ1n) is 3.46. The molecule has 0 rings (SSSR count). The van der Waals surface area contributed by atoms with Gasteiger partial charge in [0.1, 0.15) is 10.2 Å². The second kappa shape index (κ2) is 8.14. The fraction of sp³-hybridized carbons (Fsp3) is 0.500. The highest BCUT2D eigenvalue weighted by Gasteiger charge is 2.33. The molecule has 0 saturated heterocycles. The van der Waals surface area contributed by atoms with Crippen LogP contribution in [0.3, 0.4) is 0 Å². The van der Waals surface area contributed by atoms with E-state index in [1.54, 1.807) is 27.0 Å². The van der Waals surface area contributed by atoms with E-state index in [0.717, 1.165) is 0 Å². The van der Waals surface area contributed by atoms with E-state index < -0.39 is 14.4 Å². The van der Waals surface area contributed by atoms with Crippen LogP contribution in [0, 0.1) is 0 Å². The third kappa shape index (κ3) is 7.87. The van der Waals surface area contributed by atoms with Gasteiger partial charge < -0.3 is 18.4 Å². The molecule has 1 N–H and O–H groups in total. The number of rotatable bonds is 4. The molecule has 0 bridgehead atoms. The Labute approximate surface area is 82.1 Å². The molecule has 0 aliphatic heterocycles. The van der Waals surface area contributed by atoms with Crippen LogP contribution in [0.25, 0.3) is 0 Å². The minimum absolute atomic E-state index is 0.265. The summed E-state index contributed by atoms with van der Waals surface area (Å²) in [4.78, 5) is 9.06. The zero-order valence-electron chi connectivity index (χ0n) is 8.36. The minimum atomic E-state index is -2.43. The lowest BCUT2D eigenvalue weighted by atomic mass is 11.3. The van der Waals surface area contributed by atoms with Crippen LogP contribution in [-0.2, 0) is 13.3 Å². The SMILES string of the molecule is C=C[Si](OC)(OC)OC.O=C(O)[SiH3]. The van der Waals surface area contributed by atoms with Gasteiger partial charge in [-0.3, -0.25) is 4.79 Å². The third-order valence-electron chi connectivity index (χ3n) is 1.10. The fourth-order valence-electron chi connectivity index (χ4n) is 0.500. The van der Waals surface area contributed by atoms with Crippen molar-refractivity contribution in [2.45, 2.75) is 0 Å². The molecule has 0 aliphatic rings. The number of hydrogen-bond acceptors (Lipinski definition) is 4. The summed E-state index contributed by atoms with van der Waals surface area (Å²) in [5.74, 6) is 0. The van der Waals surface area contributed by atoms with Crippen molar-refractivity contribution in [2.75, 3.05) is 21.3 Å². The summed E-state index contributed by atoms with van der Waals surface area (Å²) in [6.07, 6.45) is 0. The fourth-order valence-corrected chi connectivity index (χ4v) is 1.50. The van der Waals surface area contributed by atoms with Crippen LogP contribution in [0.5, 0.6) is 0 Å². The molecule has 0 spiro atoms. The molecule has 0 heterocycles. The molecule has 0 unspecified atom stereocenters. The largest absolute Gasteiger partial charge is 0.528 e. The van der Waals surface area contributed by atoms with E-state index in [2.05, 4.69) is 6.58 Å². The van der Waals surface area contributed by atoms with Crippen molar-refractivity contribution >= 4 is 24.6 Å². The lowest BCUT2D eigenvalue weighted by molar-refractivity contribution is 0.138. The van der Waals surface area contributed by atoms with Gasteiger partial charge in [-0.25, -0.2) is 0 Å². The van der Waals surface area contributed by atoms with E-state index in [1.807, 2.05) is 0 Å². The first-order chi connectivity index (χ1) is 5.97. The maximum Gasteiger partial charge on any atom is 0.528 e. The summed E-state index contributed by atoms with van der Waals surface area (Å²) in [5.41, 5.74) is 0.882. The summed E-state index contributed by atoms with van der Waals surface area (Å²) >= 11 is 0. The Bertz CT molecular complexity index is 145. The van der Waals surface area contributed by atoms with Crippen LogP contribution in [-0.4, -0.2) is 51.1 Å². The van der Waals surface area contributed by atoms with E-state index in [4.69, 9.17) is 23.2 Å². The summed E-state index contributed by atoms with van der Waals surface area (Å²) in [6.45, 7) is 3.53. The Hall–Kier alpha value is -0.476. The first kappa shape index (κ1) is 15.0. The molecule has 0 aromatic heterocycles. The molecule has 0 fully saturated rings. The number of carbonyl (C=O) groups is 1. The van der Waals surface area contributed by atoms with Crippen LogP contribution in [0.4, 0.5) is 4.79 Å². The second-order valence-corrected chi connectivity index (χ2v) is 5.63. The van der Waals surface area contributed by atoms with Crippen molar-refractivity contribution in [3.8, 4) is 0 Å². The Morgan fingerprint density at radius 2 is 1.62 bits per heavy atom. The maximum atomic E-state index is 9.06. The first-order valence-corrected chi connectivity index (χ1v) is 6.26. The molecule has 0 amide bonds. The lowest BCUT2D eigenvalue weighted by Gasteiger charge is -2.19. The highest BCUT2D eigenvalue weighted by molar-refractivity contribution is 6.66. The molecule has 0 aliphatic carbocycles. The Balaban J connectivity index is 0. The molecule has 0 saturated carbocycles. The molecule has 0 atom stereocenters. The van der Waals surface area contributed by atoms with Gasteiger partial charge in [-0.1, -0.05) is 6.58 Å². The zero-order chi connectivity index (χ0) is 10.9. The Morgan fingerprint density at radius 1 is 1.38 bits per heavy atom. The highest BCUT2D eigenvalue weighted by Crippen LogP contribution is 2.04. The molecular formula is C6H16O5Si2. The minimum Gasteiger partial charge on any atom is -0.486 e. The van der Waals surface area contributed by atoms with Gasteiger partial charge in [0.15, 0.2) is 0 Å². The average molecular weight is 224 g/mol. The van der Waals surface area contributed by atoms with Gasteiger partial charge in [0.05, 0.1) is 0 Å². The van der Waals surface area contributed by atoms with E-state index in [1.165, 1.54) is 0 Å². The molecule has 5 nitrogen and oxygen atoms in total. The highest BCUT2D eigenvalue weighted by atomic mass is 28.4. The van der Waals surface area contributed by atoms with Gasteiger partial charge in [-0.15, -0.1) is 0 Å². The molecule has 7 heteroatoms. The van der Waals surface area contributed by atoms with E-state index in [9.17, 15) is 0 Å². The number of hydrogen-bond donors (Lipinski definition) is 1. The van der Waals surface area contributed by atoms with E-state index in [0.29, 0.717) is 0 Å². The zero-order valence-corrected chi connectivity index (χ0v) is 11.4. The van der Waals surface area contributed by atoms with Crippen molar-refractivity contribution in [3.05, 3.63) is 12.3 Å². The van der Waals surface area contributed by atoms with Crippen LogP contribution in [0.15, 0.2) is 12.3 Å². The van der Waals surface area contributed by atoms with Gasteiger partial charge in [-0.05, 0) is 5.70 Å². The monoisotopic (exact) mass is 224 g/mol. The normalized spacial score (nSPS) is 10.1. The third-order valence-corrected chi connectivity index (χ3v) is 3.31. The maximum absolute atomic E-state index is 9.06. The predicted octanol–water partition coefficient (Wildman–Crippen LogP) is -0.380. The van der Waals surface area contributed by atoms with Gasteiger partial charge in [0.25, 0.3) is 5.59 Å². The van der Waals surface area contributed by atoms with Crippen molar-refractivity contribution < 1.29 is 23.2 Å². The Morgan fingerprint density at radius 3 is 1.62 bits per heavy atom. The summed E-state index contributed by atoms with van der Waals surface area (Å²) in [6, 6.07) is 0. The number of carboxylic acid groups (broad SMARTS) is 1. The van der Waals surface area contributed by atoms with Gasteiger partial charge >= 0.3 is 8.80 Å². The quantitative estimate of drug-likeness (QED) is 0.659. The van der Waals surface area contributed by atoms with Gasteiger partial charge in [0.2, 0.25) is 0 Å². The summed E-state index contributed by atoms with van der Waals surface area (Å²) in [5, 5.41) is 7.48. The van der Waals surface area contributed by atoms with E-state index >= 15 is 0 Å². The molecule has 0 aromatic rings. The average Bonchev–Trinajstić information content (AvgIpc) is 2.09. The van der Waals surface area contributed by atoms with Crippen molar-refractivity contribution in [1.29, 1.82) is 0 Å². The predicted molar refractivity (Wildman–Crippen MR) is 54.9 cm³/mol. The van der Waals surface area contributed by atoms with Crippen LogP contribution in [0.2, 0.25) is 0 Å². The molecule has 0 aromatic carbocycles. The van der Waals surface area contributed by atoms with Crippen molar-refractivity contribution in [2.24, 2.45) is 0 Å². The lowest BCUT2D eigenvalue weighted by Crippen LogP contribution is -2.40. The molecule has 13 heavy (non-hydrogen) atoms. The van der Waals surface area contributed by atoms with E-state index in [-0.39, 0.29) is 10.2 Å². The molecule has 78 valence electrons. The van der Waals surface area contributed by atoms with Crippen LogP contribution >= 0.6 is 0 Å². The standard InChI is InChI=1S/C5H12O3Si.CH4O2Si/c1-5-9(6-2,7-3)8-4;2-1(3)4/h5H,1H2,2-4H3;4H3,(H,2,3). The van der Waals surface area contributed by atoms with Gasteiger partial charge in [0, 0.05) is 21.3 Å². The summed E-state index contributed by atoms with van der Waals surface area (Å²) in [7, 11) is 2.47. The van der Waals surface area contributed by atoms with Crippen LogP contribution in [0.1, 0.15) is 0 Å². The van der Waals surface area contributed by atoms with Crippen molar-refractivity contribution in [1.82, 2.24) is 0 Å². The van der Waals surface area contributed by atoms with Gasteiger partial charge in [-0.2, -0.15) is 0 Å².